The van der Waals surface area contributed by atoms with Gasteiger partial charge in [0.2, 0.25) is 10.0 Å². The van der Waals surface area contributed by atoms with Gasteiger partial charge in [-0.25, -0.2) is 13.1 Å². The second-order valence-corrected chi connectivity index (χ2v) is 11.0. The van der Waals surface area contributed by atoms with Crippen LogP contribution in [0.3, 0.4) is 0 Å². The molecular formula is C24H28N6O6S. The Balaban J connectivity index is 1.15. The lowest BCUT2D eigenvalue weighted by Gasteiger charge is -2.29. The van der Waals surface area contributed by atoms with E-state index in [-0.39, 0.29) is 30.2 Å². The highest BCUT2D eigenvalue weighted by Gasteiger charge is 2.50. The van der Waals surface area contributed by atoms with Crippen molar-refractivity contribution in [3.05, 3.63) is 54.1 Å². The predicted molar refractivity (Wildman–Crippen MR) is 131 cm³/mol. The van der Waals surface area contributed by atoms with Gasteiger partial charge in [0.15, 0.2) is 0 Å². The molecule has 0 aliphatic carbocycles. The number of sulfonamides is 1. The average Bonchev–Trinajstić information content (AvgIpc) is 3.63. The van der Waals surface area contributed by atoms with Crippen molar-refractivity contribution < 1.29 is 27.4 Å². The van der Waals surface area contributed by atoms with Gasteiger partial charge in [0.25, 0.3) is 0 Å². The third-order valence-corrected chi connectivity index (χ3v) is 8.35. The van der Waals surface area contributed by atoms with Gasteiger partial charge in [-0.05, 0) is 41.6 Å². The standard InChI is InChI=1S/C24H28N6O6S/c1-16-5-7-19(8-6-16)37(31,32)26-20-14-34-23-21(15-35-22(20)23)30-24(25-27-28-30)36-18-4-2-3-17(13-18)29-9-11-33-12-10-29/h2-8,13,20-23,26H,9-12,14-15H2,1H3/t20-,21-,22+,23+/m0/s1. The Morgan fingerprint density at radius 3 is 2.62 bits per heavy atom. The minimum atomic E-state index is -3.73. The first-order chi connectivity index (χ1) is 18.0. The van der Waals surface area contributed by atoms with E-state index in [1.54, 1.807) is 28.9 Å². The molecule has 1 aromatic heterocycles. The minimum absolute atomic E-state index is 0.177. The maximum atomic E-state index is 12.9. The summed E-state index contributed by atoms with van der Waals surface area (Å²) in [4.78, 5) is 2.44. The van der Waals surface area contributed by atoms with Gasteiger partial charge in [-0.2, -0.15) is 4.68 Å². The van der Waals surface area contributed by atoms with Crippen molar-refractivity contribution in [2.75, 3.05) is 44.4 Å². The molecule has 2 aromatic carbocycles. The topological polar surface area (TPSA) is 130 Å². The molecule has 4 atom stereocenters. The largest absolute Gasteiger partial charge is 0.423 e. The first-order valence-corrected chi connectivity index (χ1v) is 13.7. The van der Waals surface area contributed by atoms with Crippen molar-refractivity contribution in [3.8, 4) is 11.8 Å². The molecule has 3 saturated heterocycles. The third-order valence-electron chi connectivity index (χ3n) is 6.84. The summed E-state index contributed by atoms with van der Waals surface area (Å²) in [6.45, 7) is 5.35. The van der Waals surface area contributed by atoms with Gasteiger partial charge in [-0.3, -0.25) is 0 Å². The molecule has 196 valence electrons. The molecule has 3 fully saturated rings. The van der Waals surface area contributed by atoms with Crippen molar-refractivity contribution in [1.29, 1.82) is 0 Å². The van der Waals surface area contributed by atoms with E-state index in [1.165, 1.54) is 0 Å². The summed E-state index contributed by atoms with van der Waals surface area (Å²) < 4.78 is 53.6. The maximum absolute atomic E-state index is 12.9. The van der Waals surface area contributed by atoms with Gasteiger partial charge in [0.1, 0.15) is 24.0 Å². The average molecular weight is 529 g/mol. The number of nitrogens with one attached hydrogen (secondary N) is 1. The Bertz CT molecular complexity index is 1340. The molecule has 3 aliphatic rings. The zero-order valence-electron chi connectivity index (χ0n) is 20.3. The molecule has 0 saturated carbocycles. The Kier molecular flexibility index (Phi) is 6.55. The van der Waals surface area contributed by atoms with Crippen LogP contribution in [-0.2, 0) is 24.2 Å². The SMILES string of the molecule is Cc1ccc(S(=O)(=O)N[C@H]2CO[C@H]3[C@@H]2OC[C@@H]3n2nnnc2Oc2cccc(N3CCOCC3)c2)cc1. The Labute approximate surface area is 214 Å². The number of nitrogens with zero attached hydrogens (tertiary/aromatic N) is 5. The molecule has 12 nitrogen and oxygen atoms in total. The lowest BCUT2D eigenvalue weighted by Crippen LogP contribution is -2.44. The molecule has 37 heavy (non-hydrogen) atoms. The van der Waals surface area contributed by atoms with Crippen molar-refractivity contribution >= 4 is 15.7 Å². The van der Waals surface area contributed by atoms with Crippen LogP contribution in [0.4, 0.5) is 5.69 Å². The second kappa shape index (κ2) is 9.99. The zero-order valence-corrected chi connectivity index (χ0v) is 21.1. The summed E-state index contributed by atoms with van der Waals surface area (Å²) in [5.74, 6) is 0.603. The molecule has 0 unspecified atom stereocenters. The third kappa shape index (κ3) is 4.92. The number of aryl methyl sites for hydroxylation is 1. The van der Waals surface area contributed by atoms with Crippen LogP contribution in [-0.4, -0.2) is 86.4 Å². The Hall–Kier alpha value is -3.10. The van der Waals surface area contributed by atoms with Crippen LogP contribution in [0.2, 0.25) is 0 Å². The normalized spacial score (nSPS) is 25.8. The van der Waals surface area contributed by atoms with Crippen LogP contribution in [0.15, 0.2) is 53.4 Å². The summed E-state index contributed by atoms with van der Waals surface area (Å²) in [7, 11) is -3.73. The lowest BCUT2D eigenvalue weighted by atomic mass is 10.1. The first kappa shape index (κ1) is 24.2. The van der Waals surface area contributed by atoms with E-state index in [4.69, 9.17) is 18.9 Å². The molecule has 0 spiro atoms. The van der Waals surface area contributed by atoms with E-state index in [0.717, 1.165) is 24.3 Å². The Morgan fingerprint density at radius 2 is 1.81 bits per heavy atom. The van der Waals surface area contributed by atoms with Crippen molar-refractivity contribution in [3.63, 3.8) is 0 Å². The smallest absolute Gasteiger partial charge is 0.341 e. The minimum Gasteiger partial charge on any atom is -0.423 e. The fraction of sp³-hybridized carbons (Fsp3) is 0.458. The number of morpholine rings is 1. The molecule has 0 radical (unpaired) electrons. The molecule has 6 rings (SSSR count). The van der Waals surface area contributed by atoms with Crippen LogP contribution < -0.4 is 14.4 Å². The molecule has 0 bridgehead atoms. The number of hydrogen-bond acceptors (Lipinski definition) is 10. The number of fused-ring (bicyclic) bond motifs is 1. The summed E-state index contributed by atoms with van der Waals surface area (Å²) >= 11 is 0. The highest BCUT2D eigenvalue weighted by atomic mass is 32.2. The van der Waals surface area contributed by atoms with E-state index in [9.17, 15) is 8.42 Å². The summed E-state index contributed by atoms with van der Waals surface area (Å²) in [6.07, 6.45) is -0.914. The fourth-order valence-corrected chi connectivity index (χ4v) is 6.14. The van der Waals surface area contributed by atoms with Gasteiger partial charge in [-0.15, -0.1) is 0 Å². The van der Waals surface area contributed by atoms with Crippen LogP contribution in [0.25, 0.3) is 0 Å². The number of ether oxygens (including phenoxy) is 4. The highest BCUT2D eigenvalue weighted by Crippen LogP contribution is 2.36. The van der Waals surface area contributed by atoms with Crippen LogP contribution in [0.5, 0.6) is 11.8 Å². The molecule has 4 heterocycles. The first-order valence-electron chi connectivity index (χ1n) is 12.2. The molecule has 13 heteroatoms. The van der Waals surface area contributed by atoms with E-state index in [0.29, 0.717) is 19.0 Å². The van der Waals surface area contributed by atoms with Gasteiger partial charge in [-0.1, -0.05) is 28.9 Å². The number of anilines is 1. The molecule has 0 amide bonds. The van der Waals surface area contributed by atoms with Gasteiger partial charge >= 0.3 is 6.01 Å². The lowest BCUT2D eigenvalue weighted by molar-refractivity contribution is 0.0615. The van der Waals surface area contributed by atoms with Crippen molar-refractivity contribution in [2.45, 2.75) is 36.1 Å². The summed E-state index contributed by atoms with van der Waals surface area (Å²) in [5, 5.41) is 12.0. The highest BCUT2D eigenvalue weighted by molar-refractivity contribution is 7.89. The number of benzene rings is 2. The van der Waals surface area contributed by atoms with Crippen LogP contribution in [0.1, 0.15) is 11.6 Å². The van der Waals surface area contributed by atoms with Crippen LogP contribution in [0, 0.1) is 6.92 Å². The summed E-state index contributed by atoms with van der Waals surface area (Å²) in [6, 6.07) is 13.7. The second-order valence-electron chi connectivity index (χ2n) is 9.31. The van der Waals surface area contributed by atoms with E-state index in [1.807, 2.05) is 31.2 Å². The summed E-state index contributed by atoms with van der Waals surface area (Å²) in [5.41, 5.74) is 2.02. The molecular weight excluding hydrogens is 500 g/mol. The molecule has 3 aromatic rings. The van der Waals surface area contributed by atoms with Gasteiger partial charge < -0.3 is 23.8 Å². The number of aromatic nitrogens is 4. The predicted octanol–water partition coefficient (Wildman–Crippen LogP) is 1.30. The van der Waals surface area contributed by atoms with Crippen molar-refractivity contribution in [1.82, 2.24) is 24.9 Å². The molecule has 1 N–H and O–H groups in total. The monoisotopic (exact) mass is 528 g/mol. The zero-order chi connectivity index (χ0) is 25.4. The van der Waals surface area contributed by atoms with E-state index >= 15 is 0 Å². The van der Waals surface area contributed by atoms with Crippen LogP contribution >= 0.6 is 0 Å². The van der Waals surface area contributed by atoms with Gasteiger partial charge in [0, 0.05) is 24.8 Å². The maximum Gasteiger partial charge on any atom is 0.341 e. The quantitative estimate of drug-likeness (QED) is 0.479. The fourth-order valence-electron chi connectivity index (χ4n) is 4.91. The molecule has 3 aliphatic heterocycles. The van der Waals surface area contributed by atoms with E-state index in [2.05, 4.69) is 25.1 Å². The number of tetrazole rings is 1. The van der Waals surface area contributed by atoms with Crippen molar-refractivity contribution in [2.24, 2.45) is 0 Å². The number of hydrogen-bond donors (Lipinski definition) is 1. The van der Waals surface area contributed by atoms with Gasteiger partial charge in [0.05, 0.1) is 37.4 Å². The Morgan fingerprint density at radius 1 is 1.03 bits per heavy atom. The number of rotatable bonds is 7. The van der Waals surface area contributed by atoms with E-state index < -0.39 is 28.3 Å².